The van der Waals surface area contributed by atoms with Crippen molar-refractivity contribution in [2.24, 2.45) is 0 Å². The summed E-state index contributed by atoms with van der Waals surface area (Å²) in [5, 5.41) is 0. The number of halogens is 3. The Labute approximate surface area is 117 Å². The summed E-state index contributed by atoms with van der Waals surface area (Å²) < 4.78 is 36.6. The summed E-state index contributed by atoms with van der Waals surface area (Å²) >= 11 is 0. The van der Waals surface area contributed by atoms with E-state index < -0.39 is 12.4 Å². The minimum Gasteiger partial charge on any atom is -0.445 e. The fraction of sp³-hybridized carbons (Fsp3) is 0.143. The Morgan fingerprint density at radius 1 is 1.23 bits per heavy atom. The molecule has 0 spiro atoms. The molecule has 0 fully saturated rings. The quantitative estimate of drug-likeness (QED) is 0.452. The first-order valence-electron chi connectivity index (χ1n) is 3.47. The number of anilines is 1. The van der Waals surface area contributed by atoms with Gasteiger partial charge in [-0.15, -0.1) is 5.46 Å². The monoisotopic (exact) mass is 213 g/mol. The van der Waals surface area contributed by atoms with E-state index in [1.807, 2.05) is 0 Å². The van der Waals surface area contributed by atoms with Gasteiger partial charge in [0.2, 0.25) is 0 Å². The van der Waals surface area contributed by atoms with Crippen LogP contribution in [-0.2, 0) is 0 Å². The number of nitrogen functional groups attached to an aromatic ring is 1. The van der Waals surface area contributed by atoms with Gasteiger partial charge in [-0.2, -0.15) is 0 Å². The Bertz CT molecular complexity index is 300. The molecule has 0 heterocycles. The molecule has 0 aliphatic rings. The number of rotatable bonds is 1. The van der Waals surface area contributed by atoms with Gasteiger partial charge in [0.25, 0.3) is 0 Å². The van der Waals surface area contributed by atoms with E-state index >= 15 is 0 Å². The molecule has 0 saturated heterocycles. The zero-order chi connectivity index (χ0) is 9.35. The van der Waals surface area contributed by atoms with E-state index in [1.165, 1.54) is 19.1 Å². The van der Waals surface area contributed by atoms with Crippen LogP contribution in [0.2, 0.25) is 0 Å². The van der Waals surface area contributed by atoms with Crippen LogP contribution in [0.3, 0.4) is 0 Å². The van der Waals surface area contributed by atoms with Crippen molar-refractivity contribution in [2.45, 2.75) is 6.92 Å². The van der Waals surface area contributed by atoms with Crippen LogP contribution in [0.5, 0.6) is 0 Å². The topological polar surface area (TPSA) is 26.0 Å². The van der Waals surface area contributed by atoms with Crippen molar-refractivity contribution in [2.75, 3.05) is 5.73 Å². The fourth-order valence-corrected chi connectivity index (χ4v) is 1.07. The van der Waals surface area contributed by atoms with Gasteiger partial charge < -0.3 is 18.7 Å². The summed E-state index contributed by atoms with van der Waals surface area (Å²) in [5.41, 5.74) is 5.29. The van der Waals surface area contributed by atoms with Crippen molar-refractivity contribution in [1.29, 1.82) is 0 Å². The van der Waals surface area contributed by atoms with Crippen LogP contribution in [0.1, 0.15) is 5.56 Å². The number of hydrogen-bond acceptors (Lipinski definition) is 1. The molecule has 0 radical (unpaired) electrons. The third kappa shape index (κ3) is 3.63. The second-order valence-electron chi connectivity index (χ2n) is 2.69. The third-order valence-corrected chi connectivity index (χ3v) is 1.65. The summed E-state index contributed by atoms with van der Waals surface area (Å²) in [6, 6.07) is 3.60. The summed E-state index contributed by atoms with van der Waals surface area (Å²) in [6.07, 6.45) is 0. The predicted octanol–water partition coefficient (Wildman–Crippen LogP) is -1.36. The van der Waals surface area contributed by atoms with E-state index in [9.17, 15) is 12.9 Å². The van der Waals surface area contributed by atoms with Gasteiger partial charge in [0.1, 0.15) is 0 Å². The molecule has 0 unspecified atom stereocenters. The summed E-state index contributed by atoms with van der Waals surface area (Å²) in [7, 11) is 0. The van der Waals surface area contributed by atoms with Gasteiger partial charge in [0.05, 0.1) is 0 Å². The maximum absolute atomic E-state index is 12.2. The molecular formula is C7H8BF3KN. The van der Waals surface area contributed by atoms with E-state index in [0.717, 1.165) is 6.07 Å². The van der Waals surface area contributed by atoms with E-state index in [1.54, 1.807) is 0 Å². The molecule has 0 aliphatic heterocycles. The molecule has 1 rings (SSSR count). The first kappa shape index (κ1) is 13.5. The Morgan fingerprint density at radius 2 is 1.77 bits per heavy atom. The SMILES string of the molecule is Cc1cc(N)ccc1[B-](F)(F)F.[K+]. The van der Waals surface area contributed by atoms with Crippen LogP contribution in [0.15, 0.2) is 18.2 Å². The van der Waals surface area contributed by atoms with Crippen LogP contribution in [0.4, 0.5) is 18.6 Å². The van der Waals surface area contributed by atoms with Gasteiger partial charge in [-0.25, -0.2) is 0 Å². The molecule has 66 valence electrons. The van der Waals surface area contributed by atoms with E-state index in [2.05, 4.69) is 0 Å². The zero-order valence-electron chi connectivity index (χ0n) is 7.52. The Hall–Kier alpha value is 0.511. The first-order chi connectivity index (χ1) is 5.41. The molecule has 0 aliphatic carbocycles. The molecule has 1 nitrogen and oxygen atoms in total. The Balaban J connectivity index is 0.00000144. The second-order valence-corrected chi connectivity index (χ2v) is 2.69. The van der Waals surface area contributed by atoms with Crippen LogP contribution in [-0.4, -0.2) is 6.98 Å². The van der Waals surface area contributed by atoms with E-state index in [4.69, 9.17) is 5.73 Å². The van der Waals surface area contributed by atoms with E-state index in [0.29, 0.717) is 5.69 Å². The molecule has 0 aromatic heterocycles. The minimum atomic E-state index is -4.90. The molecular weight excluding hydrogens is 205 g/mol. The summed E-state index contributed by atoms with van der Waals surface area (Å²) in [6.45, 7) is -3.50. The normalized spacial score (nSPS) is 10.8. The van der Waals surface area contributed by atoms with Crippen molar-refractivity contribution in [3.8, 4) is 0 Å². The van der Waals surface area contributed by atoms with Gasteiger partial charge in [-0.3, -0.25) is 0 Å². The van der Waals surface area contributed by atoms with Crippen molar-refractivity contribution >= 4 is 18.1 Å². The average molecular weight is 213 g/mol. The van der Waals surface area contributed by atoms with Crippen molar-refractivity contribution in [3.05, 3.63) is 23.8 Å². The zero-order valence-corrected chi connectivity index (χ0v) is 10.6. The predicted molar refractivity (Wildman–Crippen MR) is 44.3 cm³/mol. The standard InChI is InChI=1S/C7H8BF3N.K/c1-5-4-6(12)2-3-7(5)8(9,10)11;/h2-4H,12H2,1H3;/q-1;+1. The number of nitrogens with two attached hydrogens (primary N) is 1. The second kappa shape index (κ2) is 4.84. The smallest absolute Gasteiger partial charge is 0.445 e. The van der Waals surface area contributed by atoms with Crippen molar-refractivity contribution in [3.63, 3.8) is 0 Å². The van der Waals surface area contributed by atoms with Crippen LogP contribution in [0.25, 0.3) is 0 Å². The Morgan fingerprint density at radius 3 is 2.15 bits per heavy atom. The number of benzene rings is 1. The van der Waals surface area contributed by atoms with Gasteiger partial charge >= 0.3 is 58.4 Å². The average Bonchev–Trinajstić information content (AvgIpc) is 1.83. The molecule has 2 N–H and O–H groups in total. The molecule has 0 atom stereocenters. The maximum Gasteiger partial charge on any atom is 1.00 e. The van der Waals surface area contributed by atoms with Gasteiger partial charge in [-0.05, 0) is 19.1 Å². The number of hydrogen-bond donors (Lipinski definition) is 1. The first-order valence-corrected chi connectivity index (χ1v) is 3.47. The maximum atomic E-state index is 12.2. The molecule has 0 saturated carbocycles. The van der Waals surface area contributed by atoms with Crippen LogP contribution in [0, 0.1) is 6.92 Å². The molecule has 1 aromatic rings. The van der Waals surface area contributed by atoms with Crippen LogP contribution >= 0.6 is 0 Å². The summed E-state index contributed by atoms with van der Waals surface area (Å²) in [4.78, 5) is 0. The molecule has 1 aromatic carbocycles. The van der Waals surface area contributed by atoms with E-state index in [-0.39, 0.29) is 56.9 Å². The van der Waals surface area contributed by atoms with Crippen LogP contribution < -0.4 is 62.6 Å². The van der Waals surface area contributed by atoms with Crippen molar-refractivity contribution < 1.29 is 64.3 Å². The number of aryl methyl sites for hydroxylation is 1. The van der Waals surface area contributed by atoms with Gasteiger partial charge in [0, 0.05) is 5.69 Å². The van der Waals surface area contributed by atoms with Gasteiger partial charge in [-0.1, -0.05) is 11.6 Å². The largest absolute Gasteiger partial charge is 1.00 e. The molecule has 0 bridgehead atoms. The molecule has 13 heavy (non-hydrogen) atoms. The third-order valence-electron chi connectivity index (χ3n) is 1.65. The molecule has 6 heteroatoms. The molecule has 0 amide bonds. The minimum absolute atomic E-state index is 0. The fourth-order valence-electron chi connectivity index (χ4n) is 1.07. The van der Waals surface area contributed by atoms with Gasteiger partial charge in [0.15, 0.2) is 0 Å². The summed E-state index contributed by atoms with van der Waals surface area (Å²) in [5.74, 6) is 0. The van der Waals surface area contributed by atoms with Crippen molar-refractivity contribution in [1.82, 2.24) is 0 Å². The Kier molecular flexibility index (Phi) is 5.03.